The number of nitrogens with zero attached hydrogens (tertiary/aromatic N) is 1. The lowest BCUT2D eigenvalue weighted by atomic mass is 9.83. The number of carbonyl (C=O) groups is 1. The van der Waals surface area contributed by atoms with Crippen LogP contribution in [0.15, 0.2) is 42.6 Å². The molecule has 2 aromatic carbocycles. The summed E-state index contributed by atoms with van der Waals surface area (Å²) in [5.74, 6) is -0.214. The van der Waals surface area contributed by atoms with Crippen molar-refractivity contribution in [3.8, 4) is 5.75 Å². The first-order valence-electron chi connectivity index (χ1n) is 11.0. The number of benzene rings is 2. The number of fused-ring (bicyclic) bond motifs is 1. The van der Waals surface area contributed by atoms with E-state index in [4.69, 9.17) is 32.7 Å². The lowest BCUT2D eigenvalue weighted by Gasteiger charge is -2.48. The average molecular weight is 541 g/mol. The van der Waals surface area contributed by atoms with Crippen LogP contribution in [0.4, 0.5) is 0 Å². The number of carbonyl (C=O) groups excluding carboxylic acids is 1. The Balaban J connectivity index is 1.74. The standard InChI is InChI=1S/C24H26Cl2N2O8/c1-35-14-3-4-15-16(9-28(18(15)7-14)8-12-6-13(25)2-5-17(12)26)22(33)27-24(11-30)21(32)20(31)19(10-29)36-23(24)34/h2-7,9,19-21,23,29-32,34H,8,10-11H2,1H3,(H,27,33)/t19-,20-,21+,23?,24-/m1/s1. The van der Waals surface area contributed by atoms with Crippen molar-refractivity contribution < 1.29 is 39.8 Å². The molecule has 3 aromatic rings. The van der Waals surface area contributed by atoms with Gasteiger partial charge in [-0.2, -0.15) is 0 Å². The molecule has 0 aliphatic carbocycles. The van der Waals surface area contributed by atoms with Gasteiger partial charge in [0, 0.05) is 34.2 Å². The Morgan fingerprint density at radius 1 is 1.17 bits per heavy atom. The van der Waals surface area contributed by atoms with Crippen LogP contribution in [0.1, 0.15) is 15.9 Å². The van der Waals surface area contributed by atoms with Gasteiger partial charge in [-0.3, -0.25) is 4.79 Å². The van der Waals surface area contributed by atoms with Crippen molar-refractivity contribution in [1.29, 1.82) is 0 Å². The lowest BCUT2D eigenvalue weighted by Crippen LogP contribution is -2.74. The second-order valence-electron chi connectivity index (χ2n) is 8.59. The molecule has 194 valence electrons. The maximum atomic E-state index is 13.5. The second kappa shape index (κ2) is 10.5. The van der Waals surface area contributed by atoms with E-state index in [-0.39, 0.29) is 12.1 Å². The predicted molar refractivity (Wildman–Crippen MR) is 131 cm³/mol. The number of ether oxygens (including phenoxy) is 2. The SMILES string of the molecule is COc1ccc2c(C(=O)N[C@@]3(CO)C(O)O[C@H](CO)[C@@H](O)[C@@H]3O)cn(Cc3cc(Cl)ccc3Cl)c2c1. The second-order valence-corrected chi connectivity index (χ2v) is 9.43. The minimum atomic E-state index is -2.15. The number of amides is 1. The monoisotopic (exact) mass is 540 g/mol. The van der Waals surface area contributed by atoms with Crippen LogP contribution in [0.25, 0.3) is 10.9 Å². The highest BCUT2D eigenvalue weighted by Gasteiger charge is 2.56. The van der Waals surface area contributed by atoms with Crippen molar-refractivity contribution in [2.75, 3.05) is 20.3 Å². The molecule has 1 fully saturated rings. The van der Waals surface area contributed by atoms with Gasteiger partial charge in [0.05, 0.1) is 31.4 Å². The quantitative estimate of drug-likeness (QED) is 0.258. The molecule has 0 spiro atoms. The fourth-order valence-corrected chi connectivity index (χ4v) is 4.73. The minimum absolute atomic E-state index is 0.150. The van der Waals surface area contributed by atoms with E-state index in [1.807, 2.05) is 0 Å². The summed E-state index contributed by atoms with van der Waals surface area (Å²) in [5.41, 5.74) is -0.682. The zero-order valence-corrected chi connectivity index (χ0v) is 20.6. The number of nitrogens with one attached hydrogen (secondary N) is 1. The molecule has 10 nitrogen and oxygen atoms in total. The van der Waals surface area contributed by atoms with E-state index in [1.54, 1.807) is 47.2 Å². The number of aliphatic hydroxyl groups is 5. The van der Waals surface area contributed by atoms with Crippen LogP contribution in [0.2, 0.25) is 10.0 Å². The van der Waals surface area contributed by atoms with Gasteiger partial charge in [0.1, 0.15) is 29.6 Å². The first-order valence-corrected chi connectivity index (χ1v) is 11.8. The van der Waals surface area contributed by atoms with Crippen LogP contribution in [0, 0.1) is 0 Å². The lowest BCUT2D eigenvalue weighted by molar-refractivity contribution is -0.288. The highest BCUT2D eigenvalue weighted by Crippen LogP contribution is 2.32. The van der Waals surface area contributed by atoms with Crippen LogP contribution >= 0.6 is 23.2 Å². The highest BCUT2D eigenvalue weighted by molar-refractivity contribution is 6.33. The third kappa shape index (κ3) is 4.67. The summed E-state index contributed by atoms with van der Waals surface area (Å²) in [6.07, 6.45) is -5.19. The van der Waals surface area contributed by atoms with Gasteiger partial charge in [-0.15, -0.1) is 0 Å². The molecule has 1 aromatic heterocycles. The van der Waals surface area contributed by atoms with Crippen molar-refractivity contribution in [1.82, 2.24) is 9.88 Å². The molecule has 0 bridgehead atoms. The number of rotatable bonds is 7. The van der Waals surface area contributed by atoms with Crippen molar-refractivity contribution in [3.63, 3.8) is 0 Å². The van der Waals surface area contributed by atoms with Crippen molar-refractivity contribution in [2.24, 2.45) is 0 Å². The van der Waals surface area contributed by atoms with Gasteiger partial charge in [0.15, 0.2) is 6.29 Å². The van der Waals surface area contributed by atoms with Crippen molar-refractivity contribution >= 4 is 40.0 Å². The summed E-state index contributed by atoms with van der Waals surface area (Å²) in [6, 6.07) is 10.1. The van der Waals surface area contributed by atoms with Crippen LogP contribution in [-0.4, -0.2) is 86.5 Å². The van der Waals surface area contributed by atoms with Crippen LogP contribution in [0.5, 0.6) is 5.75 Å². The van der Waals surface area contributed by atoms with Crippen LogP contribution in [0.3, 0.4) is 0 Å². The average Bonchev–Trinajstić information content (AvgIpc) is 3.23. The topological polar surface area (TPSA) is 154 Å². The third-order valence-electron chi connectivity index (χ3n) is 6.45. The Hall–Kier alpha value is -2.41. The normalized spacial score (nSPS) is 26.2. The Morgan fingerprint density at radius 3 is 2.58 bits per heavy atom. The van der Waals surface area contributed by atoms with Gasteiger partial charge in [-0.1, -0.05) is 23.2 Å². The molecular weight excluding hydrogens is 515 g/mol. The molecule has 36 heavy (non-hydrogen) atoms. The Bertz CT molecular complexity index is 1270. The summed E-state index contributed by atoms with van der Waals surface area (Å²) in [7, 11) is 1.51. The molecule has 0 saturated carbocycles. The summed E-state index contributed by atoms with van der Waals surface area (Å²) >= 11 is 12.5. The molecule has 1 amide bonds. The van der Waals surface area contributed by atoms with E-state index < -0.39 is 49.3 Å². The van der Waals surface area contributed by atoms with E-state index in [0.717, 1.165) is 0 Å². The zero-order valence-electron chi connectivity index (χ0n) is 19.1. The highest BCUT2D eigenvalue weighted by atomic mass is 35.5. The van der Waals surface area contributed by atoms with Crippen LogP contribution < -0.4 is 10.1 Å². The molecule has 5 atom stereocenters. The molecule has 6 N–H and O–H groups in total. The Kier molecular flexibility index (Phi) is 7.79. The number of aliphatic hydroxyl groups excluding tert-OH is 5. The summed E-state index contributed by atoms with van der Waals surface area (Å²) < 4.78 is 12.3. The number of hydrogen-bond donors (Lipinski definition) is 6. The minimum Gasteiger partial charge on any atom is -0.497 e. The van der Waals surface area contributed by atoms with Crippen molar-refractivity contribution in [3.05, 3.63) is 63.8 Å². The first kappa shape index (κ1) is 26.6. The predicted octanol–water partition coefficient (Wildman–Crippen LogP) is 0.897. The van der Waals surface area contributed by atoms with Gasteiger partial charge in [0.25, 0.3) is 5.91 Å². The molecule has 0 radical (unpaired) electrons. The molecule has 1 unspecified atom stereocenters. The number of halogens is 2. The molecule has 2 heterocycles. The maximum absolute atomic E-state index is 13.5. The smallest absolute Gasteiger partial charge is 0.254 e. The summed E-state index contributed by atoms with van der Waals surface area (Å²) in [6.45, 7) is -1.39. The number of aromatic nitrogens is 1. The van der Waals surface area contributed by atoms with Gasteiger partial charge >= 0.3 is 0 Å². The van der Waals surface area contributed by atoms with Gasteiger partial charge < -0.3 is 44.9 Å². The molecule has 12 heteroatoms. The van der Waals surface area contributed by atoms with E-state index in [9.17, 15) is 30.3 Å². The van der Waals surface area contributed by atoms with E-state index >= 15 is 0 Å². The summed E-state index contributed by atoms with van der Waals surface area (Å²) in [5, 5.41) is 54.8. The molecule has 1 aliphatic rings. The number of hydrogen-bond acceptors (Lipinski definition) is 8. The Labute approximate surface area is 216 Å². The van der Waals surface area contributed by atoms with Gasteiger partial charge in [-0.05, 0) is 35.9 Å². The van der Waals surface area contributed by atoms with Crippen LogP contribution in [-0.2, 0) is 11.3 Å². The van der Waals surface area contributed by atoms with E-state index in [0.29, 0.717) is 32.3 Å². The fraction of sp³-hybridized carbons (Fsp3) is 0.375. The Morgan fingerprint density at radius 2 is 1.92 bits per heavy atom. The largest absolute Gasteiger partial charge is 0.497 e. The molecule has 1 aliphatic heterocycles. The van der Waals surface area contributed by atoms with Gasteiger partial charge in [0.2, 0.25) is 0 Å². The van der Waals surface area contributed by atoms with Crippen molar-refractivity contribution in [2.45, 2.75) is 36.7 Å². The van der Waals surface area contributed by atoms with Gasteiger partial charge in [-0.25, -0.2) is 0 Å². The first-order chi connectivity index (χ1) is 17.1. The molecule has 1 saturated heterocycles. The fourth-order valence-electron chi connectivity index (χ4n) is 4.36. The molecular formula is C24H26Cl2N2O8. The van der Waals surface area contributed by atoms with E-state index in [2.05, 4.69) is 5.32 Å². The third-order valence-corrected chi connectivity index (χ3v) is 7.05. The summed E-state index contributed by atoms with van der Waals surface area (Å²) in [4.78, 5) is 13.5. The number of methoxy groups -OCH3 is 1. The maximum Gasteiger partial charge on any atom is 0.254 e. The zero-order chi connectivity index (χ0) is 26.2. The molecule has 4 rings (SSSR count). The van der Waals surface area contributed by atoms with E-state index in [1.165, 1.54) is 7.11 Å².